The van der Waals surface area contributed by atoms with Crippen molar-refractivity contribution in [1.29, 1.82) is 0 Å². The van der Waals surface area contributed by atoms with Crippen molar-refractivity contribution in [2.75, 3.05) is 6.61 Å². The highest BCUT2D eigenvalue weighted by molar-refractivity contribution is 6.21. The molecule has 0 aliphatic carbocycles. The molecule has 0 aromatic heterocycles. The lowest BCUT2D eigenvalue weighted by Crippen LogP contribution is -2.11. The second-order valence-corrected chi connectivity index (χ2v) is 1.98. The predicted octanol–water partition coefficient (Wildman–Crippen LogP) is 2.08. The fourth-order valence-electron chi connectivity index (χ4n) is 0.301. The first kappa shape index (κ1) is 10.0. The van der Waals surface area contributed by atoms with Gasteiger partial charge in [0.05, 0.1) is 0 Å². The van der Waals surface area contributed by atoms with Gasteiger partial charge in [-0.25, -0.2) is 4.79 Å². The molecule has 0 rings (SSSR count). The van der Waals surface area contributed by atoms with Crippen molar-refractivity contribution in [2.24, 2.45) is 0 Å². The topological polar surface area (TPSA) is 35.5 Å². The summed E-state index contributed by atoms with van der Waals surface area (Å²) in [4.78, 5) is 10.5. The average Bonchev–Trinajstić information content (AvgIpc) is 2.00. The summed E-state index contributed by atoms with van der Waals surface area (Å²) in [5.41, 5.74) is -0.840. The number of carbonyl (C=O) groups excluding carboxylic acids is 1. The van der Waals surface area contributed by atoms with E-state index in [-0.39, 0.29) is 6.61 Å². The maximum atomic E-state index is 10.5. The highest BCUT2D eigenvalue weighted by Crippen LogP contribution is 2.00. The first-order chi connectivity index (χ1) is 5.20. The van der Waals surface area contributed by atoms with E-state index in [2.05, 4.69) is 22.6 Å². The molecule has 0 saturated heterocycles. The molecule has 3 nitrogen and oxygen atoms in total. The second-order valence-electron chi connectivity index (χ2n) is 1.55. The molecule has 0 radical (unpaired) electrons. The highest BCUT2D eigenvalue weighted by Gasteiger charge is 2.06. The molecule has 0 aliphatic heterocycles. The Morgan fingerprint density at radius 1 is 1.64 bits per heavy atom. The fraction of sp³-hybridized carbons (Fsp3) is 0.286. The minimum Gasteiger partial charge on any atom is -0.430 e. The van der Waals surface area contributed by atoms with Gasteiger partial charge in [0.1, 0.15) is 6.61 Å². The minimum atomic E-state index is -0.840. The zero-order valence-corrected chi connectivity index (χ0v) is 6.71. The van der Waals surface area contributed by atoms with Crippen molar-refractivity contribution in [3.63, 3.8) is 0 Å². The summed E-state index contributed by atoms with van der Waals surface area (Å²) in [5, 5.41) is 0. The largest absolute Gasteiger partial charge is 0.510 e. The van der Waals surface area contributed by atoms with Gasteiger partial charge in [0, 0.05) is 0 Å². The molecule has 0 heterocycles. The Balaban J connectivity index is 3.51. The molecule has 0 saturated carbocycles. The summed E-state index contributed by atoms with van der Waals surface area (Å²) in [6, 6.07) is 0. The zero-order valence-electron chi connectivity index (χ0n) is 5.96. The van der Waals surface area contributed by atoms with Crippen molar-refractivity contribution in [3.8, 4) is 0 Å². The van der Waals surface area contributed by atoms with Gasteiger partial charge in [-0.2, -0.15) is 0 Å². The van der Waals surface area contributed by atoms with Crippen LogP contribution in [0, 0.1) is 0 Å². The van der Waals surface area contributed by atoms with Crippen LogP contribution in [-0.2, 0) is 9.47 Å². The van der Waals surface area contributed by atoms with Crippen molar-refractivity contribution in [2.45, 2.75) is 5.56 Å². The third kappa shape index (κ3) is 5.48. The lowest BCUT2D eigenvalue weighted by atomic mass is 10.7. The molecule has 4 heteroatoms. The maximum Gasteiger partial charge on any atom is 0.510 e. The van der Waals surface area contributed by atoms with Crippen LogP contribution in [0.3, 0.4) is 0 Å². The molecule has 0 bridgehead atoms. The smallest absolute Gasteiger partial charge is 0.430 e. The Labute approximate surface area is 70.2 Å². The van der Waals surface area contributed by atoms with E-state index in [1.165, 1.54) is 12.2 Å². The van der Waals surface area contributed by atoms with Gasteiger partial charge in [0.2, 0.25) is 0 Å². The molecule has 0 N–H and O–H groups in total. The minimum absolute atomic E-state index is 0.111. The zero-order chi connectivity index (χ0) is 8.69. The van der Waals surface area contributed by atoms with Crippen LogP contribution in [0.1, 0.15) is 0 Å². The van der Waals surface area contributed by atoms with Crippen LogP contribution in [0.15, 0.2) is 25.3 Å². The van der Waals surface area contributed by atoms with E-state index in [0.717, 1.165) is 0 Å². The van der Waals surface area contributed by atoms with Gasteiger partial charge >= 0.3 is 6.16 Å². The highest BCUT2D eigenvalue weighted by atomic mass is 35.5. The molecule has 0 fully saturated rings. The number of ether oxygens (including phenoxy) is 2. The molecule has 0 amide bonds. The number of hydrogen-bond acceptors (Lipinski definition) is 3. The Bertz CT molecular complexity index is 156. The normalized spacial score (nSPS) is 11.4. The van der Waals surface area contributed by atoms with E-state index in [0.29, 0.717) is 0 Å². The van der Waals surface area contributed by atoms with Gasteiger partial charge in [-0.15, -0.1) is 0 Å². The number of alkyl halides is 1. The second kappa shape index (κ2) is 5.80. The van der Waals surface area contributed by atoms with E-state index in [9.17, 15) is 4.79 Å². The van der Waals surface area contributed by atoms with Crippen LogP contribution >= 0.6 is 11.6 Å². The summed E-state index contributed by atoms with van der Waals surface area (Å²) in [5.74, 6) is 0. The molecule has 1 unspecified atom stereocenters. The van der Waals surface area contributed by atoms with Crippen molar-refractivity contribution < 1.29 is 14.3 Å². The summed E-state index contributed by atoms with van der Waals surface area (Å²) >= 11 is 5.37. The first-order valence-electron chi connectivity index (χ1n) is 2.91. The van der Waals surface area contributed by atoms with Crippen molar-refractivity contribution >= 4 is 17.8 Å². The summed E-state index contributed by atoms with van der Waals surface area (Å²) < 4.78 is 8.89. The molecular formula is C7H9ClO3. The average molecular weight is 177 g/mol. The van der Waals surface area contributed by atoms with Gasteiger partial charge in [-0.3, -0.25) is 0 Å². The monoisotopic (exact) mass is 176 g/mol. The number of rotatable bonds is 4. The Kier molecular flexibility index (Phi) is 5.29. The fourth-order valence-corrected chi connectivity index (χ4v) is 0.374. The third-order valence-corrected chi connectivity index (χ3v) is 0.980. The van der Waals surface area contributed by atoms with Crippen LogP contribution in [0.25, 0.3) is 0 Å². The molecule has 11 heavy (non-hydrogen) atoms. The molecule has 0 spiro atoms. The molecule has 0 aromatic carbocycles. The van der Waals surface area contributed by atoms with Gasteiger partial charge < -0.3 is 9.47 Å². The first-order valence-corrected chi connectivity index (χ1v) is 3.35. The molecule has 1 atom stereocenters. The summed E-state index contributed by atoms with van der Waals surface area (Å²) in [6.45, 7) is 6.77. The van der Waals surface area contributed by atoms with Gasteiger partial charge in [0.15, 0.2) is 5.56 Å². The van der Waals surface area contributed by atoms with E-state index in [1.54, 1.807) is 0 Å². The van der Waals surface area contributed by atoms with Gasteiger partial charge in [-0.05, 0) is 6.08 Å². The van der Waals surface area contributed by atoms with Crippen molar-refractivity contribution in [3.05, 3.63) is 25.3 Å². The number of halogens is 1. The standard InChI is InChI=1S/C7H9ClO3/c1-3-5-10-7(9)11-6(8)4-2/h3-4,6H,1-2,5H2. The SMILES string of the molecule is C=CCOC(=O)OC(Cl)C=C. The lowest BCUT2D eigenvalue weighted by molar-refractivity contribution is 0.0632. The molecule has 0 aliphatic rings. The molecular weight excluding hydrogens is 168 g/mol. The van der Waals surface area contributed by atoms with Crippen LogP contribution in [-0.4, -0.2) is 18.3 Å². The van der Waals surface area contributed by atoms with Gasteiger partial charge in [0.25, 0.3) is 0 Å². The lowest BCUT2D eigenvalue weighted by Gasteiger charge is -2.05. The Morgan fingerprint density at radius 3 is 2.73 bits per heavy atom. The molecule has 62 valence electrons. The van der Waals surface area contributed by atoms with Crippen LogP contribution in [0.4, 0.5) is 4.79 Å². The van der Waals surface area contributed by atoms with E-state index >= 15 is 0 Å². The number of carbonyl (C=O) groups is 1. The molecule has 0 aromatic rings. The quantitative estimate of drug-likeness (QED) is 0.374. The van der Waals surface area contributed by atoms with E-state index in [1.807, 2.05) is 0 Å². The maximum absolute atomic E-state index is 10.5. The van der Waals surface area contributed by atoms with Gasteiger partial charge in [-0.1, -0.05) is 30.8 Å². The van der Waals surface area contributed by atoms with Crippen LogP contribution in [0.5, 0.6) is 0 Å². The van der Waals surface area contributed by atoms with Crippen LogP contribution in [0.2, 0.25) is 0 Å². The third-order valence-electron chi connectivity index (χ3n) is 0.713. The Morgan fingerprint density at radius 2 is 2.27 bits per heavy atom. The Hall–Kier alpha value is -0.960. The summed E-state index contributed by atoms with van der Waals surface area (Å²) in [6.07, 6.45) is 1.87. The van der Waals surface area contributed by atoms with Crippen molar-refractivity contribution in [1.82, 2.24) is 0 Å². The summed E-state index contributed by atoms with van der Waals surface area (Å²) in [7, 11) is 0. The van der Waals surface area contributed by atoms with E-state index < -0.39 is 11.7 Å². The van der Waals surface area contributed by atoms with E-state index in [4.69, 9.17) is 11.6 Å². The number of hydrogen-bond donors (Lipinski definition) is 0. The predicted molar refractivity (Wildman–Crippen MR) is 42.5 cm³/mol. The van der Waals surface area contributed by atoms with Crippen LogP contribution < -0.4 is 0 Å².